The number of hydrogen-bond donors (Lipinski definition) is 0. The van der Waals surface area contributed by atoms with E-state index in [-0.39, 0.29) is 0 Å². The smallest absolute Gasteiger partial charge is 0.195 e. The Labute approximate surface area is 94.3 Å². The number of benzene rings is 1. The van der Waals surface area contributed by atoms with Gasteiger partial charge in [0.1, 0.15) is 5.52 Å². The van der Waals surface area contributed by atoms with Crippen molar-refractivity contribution in [1.82, 2.24) is 4.98 Å². The van der Waals surface area contributed by atoms with Gasteiger partial charge in [-0.15, -0.1) is 0 Å². The zero-order valence-electron chi connectivity index (χ0n) is 8.79. The highest BCUT2D eigenvalue weighted by molar-refractivity contribution is 6.31. The summed E-state index contributed by atoms with van der Waals surface area (Å²) in [6.45, 7) is 2.19. The summed E-state index contributed by atoms with van der Waals surface area (Å²) < 4.78 is 5.60. The summed E-state index contributed by atoms with van der Waals surface area (Å²) in [5.41, 5.74) is 1.68. The molecular formula is C12H14ClNO. The average molecular weight is 224 g/mol. The minimum Gasteiger partial charge on any atom is -0.441 e. The van der Waals surface area contributed by atoms with Gasteiger partial charge in [0.2, 0.25) is 0 Å². The number of aromatic nitrogens is 1. The molecule has 1 heterocycles. The van der Waals surface area contributed by atoms with Gasteiger partial charge >= 0.3 is 0 Å². The molecular weight excluding hydrogens is 210 g/mol. The van der Waals surface area contributed by atoms with Gasteiger partial charge in [0.25, 0.3) is 0 Å². The van der Waals surface area contributed by atoms with Gasteiger partial charge in [-0.25, -0.2) is 4.98 Å². The van der Waals surface area contributed by atoms with Crippen LogP contribution in [0.4, 0.5) is 0 Å². The minimum atomic E-state index is 0.705. The number of fused-ring (bicyclic) bond motifs is 1. The molecule has 0 radical (unpaired) electrons. The fourth-order valence-electron chi connectivity index (χ4n) is 1.58. The van der Waals surface area contributed by atoms with Crippen molar-refractivity contribution in [3.05, 3.63) is 29.1 Å². The quantitative estimate of drug-likeness (QED) is 0.726. The van der Waals surface area contributed by atoms with E-state index < -0.39 is 0 Å². The van der Waals surface area contributed by atoms with Crippen LogP contribution < -0.4 is 0 Å². The van der Waals surface area contributed by atoms with Crippen molar-refractivity contribution in [1.29, 1.82) is 0 Å². The fraction of sp³-hybridized carbons (Fsp3) is 0.417. The van der Waals surface area contributed by atoms with Crippen molar-refractivity contribution < 1.29 is 4.42 Å². The second kappa shape index (κ2) is 4.67. The molecule has 15 heavy (non-hydrogen) atoms. The van der Waals surface area contributed by atoms with E-state index in [4.69, 9.17) is 16.0 Å². The lowest BCUT2D eigenvalue weighted by Gasteiger charge is -1.92. The van der Waals surface area contributed by atoms with Gasteiger partial charge in [-0.05, 0) is 24.6 Å². The lowest BCUT2D eigenvalue weighted by atomic mass is 10.2. The van der Waals surface area contributed by atoms with E-state index in [1.807, 2.05) is 18.2 Å². The summed E-state index contributed by atoms with van der Waals surface area (Å²) >= 11 is 5.87. The Hall–Kier alpha value is -1.02. The van der Waals surface area contributed by atoms with Crippen LogP contribution in [0, 0.1) is 0 Å². The number of halogens is 1. The topological polar surface area (TPSA) is 26.0 Å². The van der Waals surface area contributed by atoms with Crippen molar-refractivity contribution in [2.75, 3.05) is 0 Å². The molecule has 3 heteroatoms. The monoisotopic (exact) mass is 223 g/mol. The van der Waals surface area contributed by atoms with Gasteiger partial charge in [0.05, 0.1) is 0 Å². The van der Waals surface area contributed by atoms with Gasteiger partial charge in [-0.2, -0.15) is 0 Å². The van der Waals surface area contributed by atoms with E-state index in [2.05, 4.69) is 11.9 Å². The number of unbranched alkanes of at least 4 members (excludes halogenated alkanes) is 2. The van der Waals surface area contributed by atoms with Crippen LogP contribution in [0.1, 0.15) is 32.1 Å². The minimum absolute atomic E-state index is 0.705. The highest BCUT2D eigenvalue weighted by atomic mass is 35.5. The van der Waals surface area contributed by atoms with E-state index >= 15 is 0 Å². The first-order valence-electron chi connectivity index (χ1n) is 5.34. The number of aryl methyl sites for hydroxylation is 1. The van der Waals surface area contributed by atoms with Crippen LogP contribution >= 0.6 is 11.6 Å². The van der Waals surface area contributed by atoms with E-state index in [9.17, 15) is 0 Å². The second-order valence-electron chi connectivity index (χ2n) is 3.68. The number of oxazole rings is 1. The molecule has 0 unspecified atom stereocenters. The van der Waals surface area contributed by atoms with Gasteiger partial charge in [-0.1, -0.05) is 31.4 Å². The van der Waals surface area contributed by atoms with Gasteiger partial charge in [0, 0.05) is 11.4 Å². The van der Waals surface area contributed by atoms with Crippen LogP contribution in [0.2, 0.25) is 5.02 Å². The van der Waals surface area contributed by atoms with Crippen LogP contribution in [0.3, 0.4) is 0 Å². The standard InChI is InChI=1S/C12H14ClNO/c1-2-3-4-5-12-14-10-8-9(13)6-7-11(10)15-12/h6-8H,2-5H2,1H3. The first-order valence-corrected chi connectivity index (χ1v) is 5.72. The van der Waals surface area contributed by atoms with Gasteiger partial charge in [-0.3, -0.25) is 0 Å². The third kappa shape index (κ3) is 2.51. The van der Waals surface area contributed by atoms with Crippen LogP contribution in [0.5, 0.6) is 0 Å². The summed E-state index contributed by atoms with van der Waals surface area (Å²) in [7, 11) is 0. The molecule has 0 bridgehead atoms. The zero-order valence-corrected chi connectivity index (χ0v) is 9.55. The molecule has 1 aromatic heterocycles. The largest absolute Gasteiger partial charge is 0.441 e. The van der Waals surface area contributed by atoms with Gasteiger partial charge in [0.15, 0.2) is 11.5 Å². The molecule has 2 aromatic rings. The molecule has 0 saturated heterocycles. The summed E-state index contributed by atoms with van der Waals surface area (Å²) in [6.07, 6.45) is 4.49. The molecule has 0 spiro atoms. The first kappa shape index (κ1) is 10.5. The van der Waals surface area contributed by atoms with Crippen molar-refractivity contribution in [3.8, 4) is 0 Å². The van der Waals surface area contributed by atoms with E-state index in [1.165, 1.54) is 12.8 Å². The molecule has 80 valence electrons. The van der Waals surface area contributed by atoms with Crippen LogP contribution in [-0.4, -0.2) is 4.98 Å². The van der Waals surface area contributed by atoms with E-state index in [1.54, 1.807) is 0 Å². The third-order valence-corrected chi connectivity index (χ3v) is 2.62. The Kier molecular flexibility index (Phi) is 3.27. The van der Waals surface area contributed by atoms with Crippen LogP contribution in [-0.2, 0) is 6.42 Å². The molecule has 0 N–H and O–H groups in total. The second-order valence-corrected chi connectivity index (χ2v) is 4.11. The van der Waals surface area contributed by atoms with E-state index in [0.29, 0.717) is 5.02 Å². The molecule has 0 fully saturated rings. The van der Waals surface area contributed by atoms with Crippen LogP contribution in [0.25, 0.3) is 11.1 Å². The molecule has 0 aliphatic heterocycles. The average Bonchev–Trinajstić information content (AvgIpc) is 2.60. The Bertz CT molecular complexity index is 450. The van der Waals surface area contributed by atoms with Crippen LogP contribution in [0.15, 0.2) is 22.6 Å². The first-order chi connectivity index (χ1) is 7.29. The predicted molar refractivity (Wildman–Crippen MR) is 62.2 cm³/mol. The molecule has 0 saturated carbocycles. The number of hydrogen-bond acceptors (Lipinski definition) is 2. The highest BCUT2D eigenvalue weighted by Gasteiger charge is 2.05. The number of nitrogens with zero attached hydrogens (tertiary/aromatic N) is 1. The Morgan fingerprint density at radius 2 is 2.20 bits per heavy atom. The predicted octanol–water partition coefficient (Wildman–Crippen LogP) is 4.21. The normalized spacial score (nSPS) is 11.1. The maximum atomic E-state index is 5.87. The van der Waals surface area contributed by atoms with Crippen molar-refractivity contribution in [2.45, 2.75) is 32.6 Å². The summed E-state index contributed by atoms with van der Waals surface area (Å²) in [6, 6.07) is 5.53. The summed E-state index contributed by atoms with van der Waals surface area (Å²) in [5, 5.41) is 0.705. The lowest BCUT2D eigenvalue weighted by molar-refractivity contribution is 0.513. The Morgan fingerprint density at radius 3 is 3.00 bits per heavy atom. The highest BCUT2D eigenvalue weighted by Crippen LogP contribution is 2.20. The molecule has 2 nitrogen and oxygen atoms in total. The Morgan fingerprint density at radius 1 is 1.33 bits per heavy atom. The van der Waals surface area contributed by atoms with Gasteiger partial charge < -0.3 is 4.42 Å². The fourth-order valence-corrected chi connectivity index (χ4v) is 1.75. The molecule has 1 aromatic carbocycles. The molecule has 0 amide bonds. The van der Waals surface area contributed by atoms with Crippen molar-refractivity contribution in [3.63, 3.8) is 0 Å². The molecule has 0 atom stereocenters. The maximum absolute atomic E-state index is 5.87. The summed E-state index contributed by atoms with van der Waals surface area (Å²) in [4.78, 5) is 4.39. The molecule has 0 aliphatic rings. The SMILES string of the molecule is CCCCCc1nc2cc(Cl)ccc2o1. The van der Waals surface area contributed by atoms with Crippen molar-refractivity contribution in [2.24, 2.45) is 0 Å². The maximum Gasteiger partial charge on any atom is 0.195 e. The van der Waals surface area contributed by atoms with E-state index in [0.717, 1.165) is 29.8 Å². The Balaban J connectivity index is 2.16. The molecule has 2 rings (SSSR count). The van der Waals surface area contributed by atoms with Crippen molar-refractivity contribution >= 4 is 22.7 Å². The molecule has 0 aliphatic carbocycles. The number of rotatable bonds is 4. The lowest BCUT2D eigenvalue weighted by Crippen LogP contribution is -1.84. The zero-order chi connectivity index (χ0) is 10.7. The summed E-state index contributed by atoms with van der Waals surface area (Å²) in [5.74, 6) is 0.820. The third-order valence-electron chi connectivity index (χ3n) is 2.39.